The lowest BCUT2D eigenvalue weighted by Crippen LogP contribution is -2.22. The molecule has 6 nitrogen and oxygen atoms in total. The number of sulfonamides is 1. The van der Waals surface area contributed by atoms with Crippen LogP contribution >= 0.6 is 0 Å². The van der Waals surface area contributed by atoms with Crippen molar-refractivity contribution in [2.75, 3.05) is 14.1 Å². The molecule has 2 N–H and O–H groups in total. The fraction of sp³-hybridized carbons (Fsp3) is 0.188. The molecule has 0 amide bonds. The molecule has 2 aromatic carbocycles. The topological polar surface area (TPSA) is 90.5 Å². The molecule has 0 aliphatic carbocycles. The van der Waals surface area contributed by atoms with Crippen molar-refractivity contribution in [1.29, 1.82) is 0 Å². The minimum atomic E-state index is -3.50. The number of aliphatic carboxylic acids is 1. The highest BCUT2D eigenvalue weighted by Gasteiger charge is 2.18. The maximum atomic E-state index is 12.3. The molecule has 0 spiro atoms. The molecule has 3 aromatic rings. The smallest absolute Gasteiger partial charge is 0.307 e. The van der Waals surface area contributed by atoms with Crippen LogP contribution in [-0.4, -0.2) is 42.9 Å². The summed E-state index contributed by atoms with van der Waals surface area (Å²) in [5.74, 6) is -0.889. The molecule has 23 heavy (non-hydrogen) atoms. The zero-order chi connectivity index (χ0) is 16.8. The van der Waals surface area contributed by atoms with Crippen LogP contribution in [0.4, 0.5) is 0 Å². The standard InChI is InChI=1S/C16H16N2O4S/c1-18(2)23(21,22)11-4-6-14-13(9-11)12-5-3-10(8-16(19)20)7-15(12)17-14/h3-7,9,17H,8H2,1-2H3,(H,19,20). The largest absolute Gasteiger partial charge is 0.481 e. The Labute approximate surface area is 133 Å². The second-order valence-electron chi connectivity index (χ2n) is 5.57. The predicted octanol–water partition coefficient (Wildman–Crippen LogP) is 2.20. The number of H-pyrrole nitrogens is 1. The Kier molecular flexibility index (Phi) is 3.62. The number of carbonyl (C=O) groups is 1. The number of fused-ring (bicyclic) bond motifs is 3. The van der Waals surface area contributed by atoms with Crippen LogP contribution in [0.1, 0.15) is 5.56 Å². The van der Waals surface area contributed by atoms with Gasteiger partial charge in [-0.3, -0.25) is 4.79 Å². The van der Waals surface area contributed by atoms with Crippen LogP contribution in [-0.2, 0) is 21.2 Å². The third-order valence-corrected chi connectivity index (χ3v) is 5.58. The van der Waals surface area contributed by atoms with Gasteiger partial charge in [0, 0.05) is 35.9 Å². The number of rotatable bonds is 4. The number of nitrogens with zero attached hydrogens (tertiary/aromatic N) is 1. The highest BCUT2D eigenvalue weighted by molar-refractivity contribution is 7.89. The highest BCUT2D eigenvalue weighted by Crippen LogP contribution is 2.29. The Morgan fingerprint density at radius 2 is 1.83 bits per heavy atom. The summed E-state index contributed by atoms with van der Waals surface area (Å²) >= 11 is 0. The summed E-state index contributed by atoms with van der Waals surface area (Å²) in [6.07, 6.45) is -0.0500. The van der Waals surface area contributed by atoms with Gasteiger partial charge < -0.3 is 10.1 Å². The van der Waals surface area contributed by atoms with Gasteiger partial charge in [-0.2, -0.15) is 0 Å². The van der Waals surface area contributed by atoms with E-state index in [0.717, 1.165) is 21.8 Å². The van der Waals surface area contributed by atoms with Crippen molar-refractivity contribution in [1.82, 2.24) is 9.29 Å². The number of aromatic nitrogens is 1. The van der Waals surface area contributed by atoms with Crippen LogP contribution in [0, 0.1) is 0 Å². The van der Waals surface area contributed by atoms with E-state index < -0.39 is 16.0 Å². The molecule has 0 saturated heterocycles. The Hall–Kier alpha value is -2.38. The average molecular weight is 332 g/mol. The summed E-state index contributed by atoms with van der Waals surface area (Å²) in [5.41, 5.74) is 2.29. The number of hydrogen-bond donors (Lipinski definition) is 2. The minimum absolute atomic E-state index is 0.0500. The summed E-state index contributed by atoms with van der Waals surface area (Å²) in [6.45, 7) is 0. The fourth-order valence-corrected chi connectivity index (χ4v) is 3.51. The van der Waals surface area contributed by atoms with Gasteiger partial charge in [0.15, 0.2) is 0 Å². The van der Waals surface area contributed by atoms with Crippen LogP contribution in [0.3, 0.4) is 0 Å². The lowest BCUT2D eigenvalue weighted by atomic mass is 10.1. The quantitative estimate of drug-likeness (QED) is 0.766. The summed E-state index contributed by atoms with van der Waals surface area (Å²) < 4.78 is 25.7. The molecule has 0 bridgehead atoms. The van der Waals surface area contributed by atoms with Crippen LogP contribution in [0.25, 0.3) is 21.8 Å². The zero-order valence-electron chi connectivity index (χ0n) is 12.7. The third kappa shape index (κ3) is 2.69. The lowest BCUT2D eigenvalue weighted by molar-refractivity contribution is -0.136. The molecule has 3 rings (SSSR count). The number of carboxylic acid groups (broad SMARTS) is 1. The van der Waals surface area contributed by atoms with Crippen molar-refractivity contribution in [2.45, 2.75) is 11.3 Å². The molecule has 1 heterocycles. The first kappa shape index (κ1) is 15.5. The molecule has 120 valence electrons. The SMILES string of the molecule is CN(C)S(=O)(=O)c1ccc2[nH]c3cc(CC(=O)O)ccc3c2c1. The van der Waals surface area contributed by atoms with E-state index in [1.165, 1.54) is 18.4 Å². The van der Waals surface area contributed by atoms with Crippen molar-refractivity contribution in [3.05, 3.63) is 42.0 Å². The van der Waals surface area contributed by atoms with Crippen LogP contribution in [0.15, 0.2) is 41.3 Å². The van der Waals surface area contributed by atoms with Crippen LogP contribution in [0.5, 0.6) is 0 Å². The normalized spacial score (nSPS) is 12.3. The second kappa shape index (κ2) is 5.36. The fourth-order valence-electron chi connectivity index (χ4n) is 2.59. The van der Waals surface area contributed by atoms with Gasteiger partial charge in [-0.05, 0) is 29.8 Å². The molecule has 0 atom stereocenters. The van der Waals surface area contributed by atoms with E-state index in [9.17, 15) is 13.2 Å². The number of benzene rings is 2. The molecular weight excluding hydrogens is 316 g/mol. The molecule has 0 fully saturated rings. The summed E-state index contributed by atoms with van der Waals surface area (Å²) in [7, 11) is -0.511. The second-order valence-corrected chi connectivity index (χ2v) is 7.72. The van der Waals surface area contributed by atoms with Crippen molar-refractivity contribution >= 4 is 37.8 Å². The van der Waals surface area contributed by atoms with Gasteiger partial charge in [0.25, 0.3) is 0 Å². The summed E-state index contributed by atoms with van der Waals surface area (Å²) in [6, 6.07) is 10.3. The first-order chi connectivity index (χ1) is 10.8. The van der Waals surface area contributed by atoms with E-state index in [0.29, 0.717) is 5.56 Å². The molecule has 7 heteroatoms. The van der Waals surface area contributed by atoms with E-state index in [4.69, 9.17) is 5.11 Å². The van der Waals surface area contributed by atoms with Crippen molar-refractivity contribution in [2.24, 2.45) is 0 Å². The summed E-state index contributed by atoms with van der Waals surface area (Å²) in [5, 5.41) is 10.5. The highest BCUT2D eigenvalue weighted by atomic mass is 32.2. The van der Waals surface area contributed by atoms with E-state index in [1.807, 2.05) is 6.07 Å². The van der Waals surface area contributed by atoms with E-state index in [2.05, 4.69) is 4.98 Å². The van der Waals surface area contributed by atoms with E-state index in [-0.39, 0.29) is 11.3 Å². The van der Waals surface area contributed by atoms with E-state index in [1.54, 1.807) is 30.3 Å². The molecule has 0 radical (unpaired) electrons. The molecule has 0 unspecified atom stereocenters. The third-order valence-electron chi connectivity index (χ3n) is 3.77. The van der Waals surface area contributed by atoms with Crippen LogP contribution < -0.4 is 0 Å². The maximum Gasteiger partial charge on any atom is 0.307 e. The Bertz CT molecular complexity index is 1020. The molecule has 0 aliphatic heterocycles. The van der Waals surface area contributed by atoms with Crippen molar-refractivity contribution in [3.63, 3.8) is 0 Å². The average Bonchev–Trinajstić information content (AvgIpc) is 2.82. The molecular formula is C16H16N2O4S. The Morgan fingerprint density at radius 3 is 2.48 bits per heavy atom. The first-order valence-electron chi connectivity index (χ1n) is 6.98. The van der Waals surface area contributed by atoms with Crippen LogP contribution in [0.2, 0.25) is 0 Å². The van der Waals surface area contributed by atoms with Gasteiger partial charge in [-0.25, -0.2) is 12.7 Å². The monoisotopic (exact) mass is 332 g/mol. The molecule has 0 saturated carbocycles. The van der Waals surface area contributed by atoms with Gasteiger partial charge in [0.1, 0.15) is 0 Å². The zero-order valence-corrected chi connectivity index (χ0v) is 13.5. The van der Waals surface area contributed by atoms with Crippen molar-refractivity contribution < 1.29 is 18.3 Å². The van der Waals surface area contributed by atoms with Gasteiger partial charge in [-0.15, -0.1) is 0 Å². The molecule has 0 aliphatic rings. The maximum absolute atomic E-state index is 12.3. The minimum Gasteiger partial charge on any atom is -0.481 e. The van der Waals surface area contributed by atoms with E-state index >= 15 is 0 Å². The number of nitrogens with one attached hydrogen (secondary N) is 1. The Balaban J connectivity index is 2.19. The van der Waals surface area contributed by atoms with Gasteiger partial charge >= 0.3 is 5.97 Å². The number of aromatic amines is 1. The van der Waals surface area contributed by atoms with Gasteiger partial charge in [0.05, 0.1) is 11.3 Å². The first-order valence-corrected chi connectivity index (χ1v) is 8.42. The lowest BCUT2D eigenvalue weighted by Gasteiger charge is -2.11. The Morgan fingerprint density at radius 1 is 1.09 bits per heavy atom. The predicted molar refractivity (Wildman–Crippen MR) is 88.0 cm³/mol. The van der Waals surface area contributed by atoms with Gasteiger partial charge in [-0.1, -0.05) is 12.1 Å². The number of carboxylic acids is 1. The van der Waals surface area contributed by atoms with Crippen molar-refractivity contribution in [3.8, 4) is 0 Å². The number of hydrogen-bond acceptors (Lipinski definition) is 3. The molecule has 1 aromatic heterocycles. The summed E-state index contributed by atoms with van der Waals surface area (Å²) in [4.78, 5) is 14.2. The van der Waals surface area contributed by atoms with Gasteiger partial charge in [0.2, 0.25) is 10.0 Å².